The molecule has 0 spiro atoms. The summed E-state index contributed by atoms with van der Waals surface area (Å²) in [5, 5.41) is 1.18. The van der Waals surface area contributed by atoms with Crippen LogP contribution in [0.3, 0.4) is 0 Å². The van der Waals surface area contributed by atoms with Gasteiger partial charge >= 0.3 is 0 Å². The molecule has 0 unspecified atom stereocenters. The number of thiophene rings is 1. The number of nitrogens with one attached hydrogen (secondary N) is 1. The van der Waals surface area contributed by atoms with Crippen molar-refractivity contribution in [3.63, 3.8) is 0 Å². The van der Waals surface area contributed by atoms with E-state index in [1.807, 2.05) is 42.5 Å². The molecule has 1 N–H and O–H groups in total. The van der Waals surface area contributed by atoms with Crippen LogP contribution in [0.25, 0.3) is 31.4 Å². The average molecular weight is 277 g/mol. The summed E-state index contributed by atoms with van der Waals surface area (Å²) >= 11 is 1.73. The maximum atomic E-state index is 11.4. The highest BCUT2D eigenvalue weighted by atomic mass is 32.1. The van der Waals surface area contributed by atoms with E-state index in [-0.39, 0.29) is 0 Å². The van der Waals surface area contributed by atoms with E-state index >= 15 is 0 Å². The lowest BCUT2D eigenvalue weighted by atomic mass is 10.1. The van der Waals surface area contributed by atoms with Gasteiger partial charge in [-0.1, -0.05) is 48.5 Å². The van der Waals surface area contributed by atoms with Crippen molar-refractivity contribution >= 4 is 37.9 Å². The van der Waals surface area contributed by atoms with Gasteiger partial charge in [0.05, 0.1) is 15.9 Å². The Morgan fingerprint density at radius 1 is 0.950 bits per heavy atom. The van der Waals surface area contributed by atoms with Gasteiger partial charge < -0.3 is 4.98 Å². The molecular formula is C17H11NOS. The number of hydrogen-bond acceptors (Lipinski definition) is 2. The van der Waals surface area contributed by atoms with E-state index in [0.29, 0.717) is 5.69 Å². The molecule has 0 radical (unpaired) electrons. The predicted molar refractivity (Wildman–Crippen MR) is 84.5 cm³/mol. The fraction of sp³-hybridized carbons (Fsp3) is 0. The zero-order valence-electron chi connectivity index (χ0n) is 10.6. The maximum absolute atomic E-state index is 11.4. The first-order valence-corrected chi connectivity index (χ1v) is 7.24. The lowest BCUT2D eigenvalue weighted by Crippen LogP contribution is -1.84. The Bertz CT molecular complexity index is 918. The minimum absolute atomic E-state index is 0.656. The number of H-pyrrole nitrogens is 1. The molecule has 2 aromatic carbocycles. The third kappa shape index (κ3) is 1.53. The van der Waals surface area contributed by atoms with Crippen molar-refractivity contribution in [1.29, 1.82) is 0 Å². The fourth-order valence-corrected chi connectivity index (χ4v) is 3.88. The molecule has 0 amide bonds. The summed E-state index contributed by atoms with van der Waals surface area (Å²) in [6, 6.07) is 18.3. The van der Waals surface area contributed by atoms with Crippen LogP contribution in [0.4, 0.5) is 0 Å². The van der Waals surface area contributed by atoms with Gasteiger partial charge in [-0.05, 0) is 11.6 Å². The highest BCUT2D eigenvalue weighted by Crippen LogP contribution is 2.41. The largest absolute Gasteiger partial charge is 0.351 e. The van der Waals surface area contributed by atoms with E-state index < -0.39 is 0 Å². The van der Waals surface area contributed by atoms with Gasteiger partial charge in [-0.15, -0.1) is 11.3 Å². The first-order valence-electron chi connectivity index (χ1n) is 6.42. The molecule has 0 aliphatic heterocycles. The third-order valence-electron chi connectivity index (χ3n) is 3.53. The van der Waals surface area contributed by atoms with Gasteiger partial charge in [-0.25, -0.2) is 0 Å². The molecule has 2 heterocycles. The number of carbonyl (C=O) groups is 1. The van der Waals surface area contributed by atoms with Crippen molar-refractivity contribution in [2.45, 2.75) is 0 Å². The smallest absolute Gasteiger partial charge is 0.166 e. The van der Waals surface area contributed by atoms with E-state index in [9.17, 15) is 4.79 Å². The van der Waals surface area contributed by atoms with Crippen molar-refractivity contribution in [3.8, 4) is 11.1 Å². The maximum Gasteiger partial charge on any atom is 0.166 e. The summed E-state index contributed by atoms with van der Waals surface area (Å²) < 4.78 is 2.39. The van der Waals surface area contributed by atoms with Crippen LogP contribution < -0.4 is 0 Å². The number of aromatic amines is 1. The van der Waals surface area contributed by atoms with Crippen LogP contribution in [0, 0.1) is 0 Å². The van der Waals surface area contributed by atoms with Gasteiger partial charge in [0.1, 0.15) is 0 Å². The fourth-order valence-electron chi connectivity index (χ4n) is 2.64. The van der Waals surface area contributed by atoms with Crippen LogP contribution >= 0.6 is 11.3 Å². The second-order valence-electron chi connectivity index (χ2n) is 4.70. The van der Waals surface area contributed by atoms with Crippen LogP contribution in [-0.4, -0.2) is 11.3 Å². The molecule has 4 rings (SSSR count). The number of carbonyl (C=O) groups excluding carboxylic acids is 1. The Kier molecular flexibility index (Phi) is 2.47. The summed E-state index contributed by atoms with van der Waals surface area (Å²) in [5.41, 5.74) is 3.80. The topological polar surface area (TPSA) is 32.9 Å². The van der Waals surface area contributed by atoms with E-state index in [0.717, 1.165) is 27.6 Å². The molecule has 0 saturated heterocycles. The van der Waals surface area contributed by atoms with Crippen molar-refractivity contribution < 1.29 is 4.79 Å². The first-order chi connectivity index (χ1) is 9.88. The van der Waals surface area contributed by atoms with Gasteiger partial charge in [-0.2, -0.15) is 0 Å². The zero-order valence-corrected chi connectivity index (χ0v) is 11.4. The zero-order chi connectivity index (χ0) is 13.5. The van der Waals surface area contributed by atoms with Crippen molar-refractivity contribution in [3.05, 3.63) is 60.3 Å². The molecule has 0 aliphatic rings. The molecule has 0 atom stereocenters. The first kappa shape index (κ1) is 11.4. The number of benzene rings is 2. The van der Waals surface area contributed by atoms with E-state index in [1.54, 1.807) is 11.3 Å². The minimum atomic E-state index is 0.656. The quantitative estimate of drug-likeness (QED) is 0.521. The summed E-state index contributed by atoms with van der Waals surface area (Å²) in [5.74, 6) is 0. The number of aromatic nitrogens is 1. The summed E-state index contributed by atoms with van der Waals surface area (Å²) in [4.78, 5) is 14.7. The van der Waals surface area contributed by atoms with E-state index in [1.165, 1.54) is 10.1 Å². The van der Waals surface area contributed by atoms with Gasteiger partial charge in [0, 0.05) is 15.6 Å². The second-order valence-corrected chi connectivity index (χ2v) is 5.75. The molecule has 0 saturated carbocycles. The number of aldehydes is 1. The highest BCUT2D eigenvalue weighted by molar-refractivity contribution is 7.26. The van der Waals surface area contributed by atoms with Gasteiger partial charge in [-0.3, -0.25) is 4.79 Å². The molecule has 2 nitrogen and oxygen atoms in total. The summed E-state index contributed by atoms with van der Waals surface area (Å²) in [6.45, 7) is 0. The lowest BCUT2D eigenvalue weighted by molar-refractivity contribution is 0.112. The Labute approximate surface area is 119 Å². The molecule has 20 heavy (non-hydrogen) atoms. The van der Waals surface area contributed by atoms with Crippen molar-refractivity contribution in [1.82, 2.24) is 4.98 Å². The molecule has 0 bridgehead atoms. The molecular weight excluding hydrogens is 266 g/mol. The van der Waals surface area contributed by atoms with Gasteiger partial charge in [0.25, 0.3) is 0 Å². The predicted octanol–water partition coefficient (Wildman–Crippen LogP) is 4.86. The number of rotatable bonds is 2. The van der Waals surface area contributed by atoms with Crippen molar-refractivity contribution in [2.24, 2.45) is 0 Å². The minimum Gasteiger partial charge on any atom is -0.351 e. The average Bonchev–Trinajstić information content (AvgIpc) is 3.03. The Balaban J connectivity index is 2.15. The van der Waals surface area contributed by atoms with Gasteiger partial charge in [0.2, 0.25) is 0 Å². The Morgan fingerprint density at radius 3 is 2.50 bits per heavy atom. The van der Waals surface area contributed by atoms with E-state index in [4.69, 9.17) is 0 Å². The molecule has 0 aliphatic carbocycles. The van der Waals surface area contributed by atoms with Gasteiger partial charge in [0.15, 0.2) is 6.29 Å². The van der Waals surface area contributed by atoms with Crippen LogP contribution in [0.5, 0.6) is 0 Å². The SMILES string of the molecule is O=Cc1[nH]c2c(sc3ccccc32)c1-c1ccccc1. The van der Waals surface area contributed by atoms with E-state index in [2.05, 4.69) is 17.1 Å². The normalized spacial score (nSPS) is 11.2. The standard InChI is InChI=1S/C17H11NOS/c19-10-13-15(11-6-2-1-3-7-11)17-16(18-13)12-8-4-5-9-14(12)20-17/h1-10,18H. The molecule has 2 aromatic heterocycles. The number of fused-ring (bicyclic) bond motifs is 3. The Morgan fingerprint density at radius 2 is 1.70 bits per heavy atom. The summed E-state index contributed by atoms with van der Waals surface area (Å²) in [7, 11) is 0. The lowest BCUT2D eigenvalue weighted by Gasteiger charge is -1.99. The third-order valence-corrected chi connectivity index (χ3v) is 4.72. The van der Waals surface area contributed by atoms with Crippen LogP contribution in [0.1, 0.15) is 10.5 Å². The Hall–Kier alpha value is -2.39. The summed E-state index contributed by atoms with van der Waals surface area (Å²) in [6.07, 6.45) is 0.907. The number of hydrogen-bond donors (Lipinski definition) is 1. The highest BCUT2D eigenvalue weighted by Gasteiger charge is 2.16. The van der Waals surface area contributed by atoms with Crippen molar-refractivity contribution in [2.75, 3.05) is 0 Å². The molecule has 96 valence electrons. The second kappa shape index (κ2) is 4.32. The van der Waals surface area contributed by atoms with Crippen LogP contribution in [0.15, 0.2) is 54.6 Å². The molecule has 0 fully saturated rings. The van der Waals surface area contributed by atoms with Crippen LogP contribution in [-0.2, 0) is 0 Å². The molecule has 3 heteroatoms. The monoisotopic (exact) mass is 277 g/mol. The van der Waals surface area contributed by atoms with Crippen LogP contribution in [0.2, 0.25) is 0 Å². The molecule has 4 aromatic rings.